The minimum atomic E-state index is -3.47. The number of carboxylic acid groups (broad SMARTS) is 1. The van der Waals surface area contributed by atoms with Gasteiger partial charge >= 0.3 is 5.97 Å². The first kappa shape index (κ1) is 14.3. The molecule has 1 aliphatic heterocycles. The van der Waals surface area contributed by atoms with E-state index in [-0.39, 0.29) is 27.2 Å². The summed E-state index contributed by atoms with van der Waals surface area (Å²) >= 11 is 5.78. The van der Waals surface area contributed by atoms with Gasteiger partial charge in [0.15, 0.2) is 9.84 Å². The first-order chi connectivity index (χ1) is 8.90. The molecule has 5 nitrogen and oxygen atoms in total. The minimum absolute atomic E-state index is 0.00422. The Bertz CT molecular complexity index is 590. The second-order valence-electron chi connectivity index (χ2n) is 4.46. The summed E-state index contributed by atoms with van der Waals surface area (Å²) in [4.78, 5) is 10.9. The predicted octanol–water partition coefficient (Wildman–Crippen LogP) is 1.85. The third-order valence-corrected chi connectivity index (χ3v) is 5.20. The van der Waals surface area contributed by atoms with Crippen LogP contribution >= 0.6 is 11.6 Å². The summed E-state index contributed by atoms with van der Waals surface area (Å²) in [5, 5.41) is 8.77. The first-order valence-corrected chi connectivity index (χ1v) is 7.76. The molecule has 0 spiro atoms. The van der Waals surface area contributed by atoms with Gasteiger partial charge in [0.1, 0.15) is 0 Å². The van der Waals surface area contributed by atoms with Gasteiger partial charge in [-0.25, -0.2) is 13.2 Å². The van der Waals surface area contributed by atoms with Gasteiger partial charge in [0.2, 0.25) is 0 Å². The van der Waals surface area contributed by atoms with Crippen LogP contribution in [0.2, 0.25) is 5.02 Å². The van der Waals surface area contributed by atoms with Crippen molar-refractivity contribution in [1.29, 1.82) is 0 Å². The van der Waals surface area contributed by atoms with Crippen molar-refractivity contribution in [2.24, 2.45) is 5.92 Å². The largest absolute Gasteiger partial charge is 0.478 e. The molecule has 1 N–H and O–H groups in total. The maximum atomic E-state index is 12.2. The fourth-order valence-corrected chi connectivity index (χ4v) is 3.96. The Morgan fingerprint density at radius 2 is 2.21 bits per heavy atom. The van der Waals surface area contributed by atoms with Crippen LogP contribution < -0.4 is 0 Å². The highest BCUT2D eigenvalue weighted by Crippen LogP contribution is 2.24. The van der Waals surface area contributed by atoms with E-state index in [1.165, 1.54) is 18.2 Å². The van der Waals surface area contributed by atoms with E-state index < -0.39 is 15.8 Å². The van der Waals surface area contributed by atoms with Gasteiger partial charge in [0.25, 0.3) is 0 Å². The number of carbonyl (C=O) groups is 1. The Morgan fingerprint density at radius 3 is 2.74 bits per heavy atom. The van der Waals surface area contributed by atoms with Gasteiger partial charge in [0, 0.05) is 6.61 Å². The third-order valence-electron chi connectivity index (χ3n) is 3.01. The van der Waals surface area contributed by atoms with Crippen molar-refractivity contribution >= 4 is 27.4 Å². The number of rotatable bonds is 4. The zero-order valence-electron chi connectivity index (χ0n) is 10.0. The first-order valence-electron chi connectivity index (χ1n) is 5.73. The molecule has 1 atom stereocenters. The van der Waals surface area contributed by atoms with Crippen LogP contribution in [0.4, 0.5) is 0 Å². The average Bonchev–Trinajstić information content (AvgIpc) is 2.80. The van der Waals surface area contributed by atoms with E-state index in [0.29, 0.717) is 13.2 Å². The molecule has 1 saturated heterocycles. The van der Waals surface area contributed by atoms with Crippen molar-refractivity contribution < 1.29 is 23.1 Å². The molecule has 0 radical (unpaired) electrons. The molecule has 0 saturated carbocycles. The molecule has 7 heteroatoms. The topological polar surface area (TPSA) is 80.7 Å². The van der Waals surface area contributed by atoms with Gasteiger partial charge < -0.3 is 9.84 Å². The molecule has 1 unspecified atom stereocenters. The highest BCUT2D eigenvalue weighted by Gasteiger charge is 2.25. The third kappa shape index (κ3) is 3.26. The smallest absolute Gasteiger partial charge is 0.337 e. The monoisotopic (exact) mass is 304 g/mol. The van der Waals surface area contributed by atoms with E-state index in [1.54, 1.807) is 0 Å². The Balaban J connectivity index is 2.25. The molecule has 1 heterocycles. The zero-order chi connectivity index (χ0) is 14.0. The molecule has 1 fully saturated rings. The molecule has 0 aliphatic carbocycles. The van der Waals surface area contributed by atoms with Gasteiger partial charge in [-0.1, -0.05) is 11.6 Å². The Hall–Kier alpha value is -1.11. The number of aromatic carboxylic acids is 1. The normalized spacial score (nSPS) is 19.5. The summed E-state index contributed by atoms with van der Waals surface area (Å²) in [6.45, 7) is 1.03. The van der Waals surface area contributed by atoms with E-state index in [9.17, 15) is 13.2 Å². The van der Waals surface area contributed by atoms with Gasteiger partial charge in [-0.3, -0.25) is 0 Å². The highest BCUT2D eigenvalue weighted by molar-refractivity contribution is 7.91. The molecule has 0 bridgehead atoms. The van der Waals surface area contributed by atoms with Crippen LogP contribution in [-0.2, 0) is 14.6 Å². The van der Waals surface area contributed by atoms with E-state index in [2.05, 4.69) is 0 Å². The molecule has 19 heavy (non-hydrogen) atoms. The summed E-state index contributed by atoms with van der Waals surface area (Å²) < 4.78 is 29.5. The summed E-state index contributed by atoms with van der Waals surface area (Å²) in [6.07, 6.45) is 0.722. The Kier molecular flexibility index (Phi) is 4.13. The molecule has 1 aromatic rings. The number of halogens is 1. The van der Waals surface area contributed by atoms with Gasteiger partial charge in [0.05, 0.1) is 27.8 Å². The van der Waals surface area contributed by atoms with E-state index >= 15 is 0 Å². The van der Waals surface area contributed by atoms with Crippen molar-refractivity contribution in [3.63, 3.8) is 0 Å². The van der Waals surface area contributed by atoms with Crippen LogP contribution in [0.25, 0.3) is 0 Å². The van der Waals surface area contributed by atoms with E-state index in [1.807, 2.05) is 0 Å². The summed E-state index contributed by atoms with van der Waals surface area (Å²) in [7, 11) is -3.47. The SMILES string of the molecule is O=C(O)c1ccc(S(=O)(=O)CC2CCOC2)cc1Cl. The lowest BCUT2D eigenvalue weighted by atomic mass is 10.2. The molecule has 1 aliphatic rings. The molecular weight excluding hydrogens is 292 g/mol. The van der Waals surface area contributed by atoms with Crippen molar-refractivity contribution in [1.82, 2.24) is 0 Å². The van der Waals surface area contributed by atoms with Crippen LogP contribution in [0, 0.1) is 5.92 Å². The second kappa shape index (κ2) is 5.48. The number of ether oxygens (including phenoxy) is 1. The van der Waals surface area contributed by atoms with Crippen LogP contribution in [0.15, 0.2) is 23.1 Å². The van der Waals surface area contributed by atoms with Crippen molar-refractivity contribution in [2.45, 2.75) is 11.3 Å². The molecule has 104 valence electrons. The fourth-order valence-electron chi connectivity index (χ4n) is 1.98. The quantitative estimate of drug-likeness (QED) is 0.918. The molecular formula is C12H13ClO5S. The number of carboxylic acids is 1. The van der Waals surface area contributed by atoms with E-state index in [0.717, 1.165) is 6.42 Å². The average molecular weight is 305 g/mol. The standard InChI is InChI=1S/C12H13ClO5S/c13-11-5-9(1-2-10(11)12(14)15)19(16,17)7-8-3-4-18-6-8/h1-2,5,8H,3-4,6-7H2,(H,14,15). The lowest BCUT2D eigenvalue weighted by molar-refractivity contribution is 0.0697. The number of hydrogen-bond donors (Lipinski definition) is 1. The Morgan fingerprint density at radius 1 is 1.47 bits per heavy atom. The van der Waals surface area contributed by atoms with Crippen molar-refractivity contribution in [3.05, 3.63) is 28.8 Å². The van der Waals surface area contributed by atoms with Crippen LogP contribution in [0.3, 0.4) is 0 Å². The number of hydrogen-bond acceptors (Lipinski definition) is 4. The fraction of sp³-hybridized carbons (Fsp3) is 0.417. The highest BCUT2D eigenvalue weighted by atomic mass is 35.5. The molecule has 2 rings (SSSR count). The summed E-state index contributed by atoms with van der Waals surface area (Å²) in [5.41, 5.74) is -0.107. The zero-order valence-corrected chi connectivity index (χ0v) is 11.6. The van der Waals surface area contributed by atoms with Crippen LogP contribution in [0.1, 0.15) is 16.8 Å². The van der Waals surface area contributed by atoms with Gasteiger partial charge in [-0.15, -0.1) is 0 Å². The maximum Gasteiger partial charge on any atom is 0.337 e. The van der Waals surface area contributed by atoms with Crippen LogP contribution in [-0.4, -0.2) is 38.5 Å². The van der Waals surface area contributed by atoms with Crippen LogP contribution in [0.5, 0.6) is 0 Å². The van der Waals surface area contributed by atoms with Gasteiger partial charge in [-0.05, 0) is 30.5 Å². The summed E-state index contributed by atoms with van der Waals surface area (Å²) in [6, 6.07) is 3.68. The molecule has 1 aromatic carbocycles. The number of benzene rings is 1. The number of sulfone groups is 1. The maximum absolute atomic E-state index is 12.2. The van der Waals surface area contributed by atoms with Gasteiger partial charge in [-0.2, -0.15) is 0 Å². The second-order valence-corrected chi connectivity index (χ2v) is 6.90. The lowest BCUT2D eigenvalue weighted by Crippen LogP contribution is -2.16. The predicted molar refractivity (Wildman–Crippen MR) is 69.4 cm³/mol. The van der Waals surface area contributed by atoms with Crippen molar-refractivity contribution in [2.75, 3.05) is 19.0 Å². The lowest BCUT2D eigenvalue weighted by Gasteiger charge is -2.09. The minimum Gasteiger partial charge on any atom is -0.478 e. The Labute approximate surface area is 116 Å². The van der Waals surface area contributed by atoms with E-state index in [4.69, 9.17) is 21.4 Å². The molecule has 0 aromatic heterocycles. The molecule has 0 amide bonds. The van der Waals surface area contributed by atoms with Crippen molar-refractivity contribution in [3.8, 4) is 0 Å². The summed E-state index contributed by atoms with van der Waals surface area (Å²) in [5.74, 6) is -1.20.